The van der Waals surface area contributed by atoms with Gasteiger partial charge in [-0.05, 0) is 37.6 Å². The molecule has 2 heterocycles. The summed E-state index contributed by atoms with van der Waals surface area (Å²) in [5.41, 5.74) is 3.57. The maximum Gasteiger partial charge on any atom is 0.276 e. The predicted octanol–water partition coefficient (Wildman–Crippen LogP) is 5.20. The Balaban J connectivity index is 1.41. The zero-order valence-electron chi connectivity index (χ0n) is 14.9. The van der Waals surface area contributed by atoms with Gasteiger partial charge in [-0.2, -0.15) is 0 Å². The number of carbonyl (C=O) groups is 1. The van der Waals surface area contributed by atoms with E-state index in [0.29, 0.717) is 17.4 Å². The van der Waals surface area contributed by atoms with Crippen molar-refractivity contribution in [3.05, 3.63) is 69.7 Å². The smallest absolute Gasteiger partial charge is 0.276 e. The van der Waals surface area contributed by atoms with Crippen molar-refractivity contribution in [3.8, 4) is 5.75 Å². The third-order valence-electron chi connectivity index (χ3n) is 4.01. The Morgan fingerprint density at radius 3 is 2.70 bits per heavy atom. The van der Waals surface area contributed by atoms with Crippen LogP contribution in [-0.4, -0.2) is 15.9 Å². The third-order valence-corrected chi connectivity index (χ3v) is 5.77. The minimum Gasteiger partial charge on any atom is -0.486 e. The number of aryl methyl sites for hydroxylation is 2. The molecule has 4 aromatic rings. The number of nitrogens with zero attached hydrogens (tertiary/aromatic N) is 2. The molecule has 27 heavy (non-hydrogen) atoms. The van der Waals surface area contributed by atoms with Crippen molar-refractivity contribution >= 4 is 43.9 Å². The summed E-state index contributed by atoms with van der Waals surface area (Å²) in [6.45, 7) is 4.37. The number of fused-ring (bicyclic) bond motifs is 1. The Morgan fingerprint density at radius 1 is 1.11 bits per heavy atom. The second-order valence-electron chi connectivity index (χ2n) is 6.12. The molecule has 1 N–H and O–H groups in total. The molecule has 0 spiro atoms. The van der Waals surface area contributed by atoms with Gasteiger partial charge in [0.2, 0.25) is 0 Å². The minimum absolute atomic E-state index is 0.260. The first-order valence-electron chi connectivity index (χ1n) is 8.40. The molecule has 0 unspecified atom stereocenters. The first-order chi connectivity index (χ1) is 13.1. The summed E-state index contributed by atoms with van der Waals surface area (Å²) in [6.07, 6.45) is 0. The van der Waals surface area contributed by atoms with E-state index in [4.69, 9.17) is 4.74 Å². The van der Waals surface area contributed by atoms with E-state index in [1.807, 2.05) is 56.3 Å². The summed E-state index contributed by atoms with van der Waals surface area (Å²) in [6, 6.07) is 13.8. The molecule has 5 nitrogen and oxygen atoms in total. The average molecular weight is 396 g/mol. The second-order valence-corrected chi connectivity index (χ2v) is 8.10. The summed E-state index contributed by atoms with van der Waals surface area (Å²) < 4.78 is 6.77. The number of rotatable bonds is 5. The number of hydrogen-bond acceptors (Lipinski definition) is 6. The number of para-hydroxylation sites is 1. The quantitative estimate of drug-likeness (QED) is 0.504. The number of hydrogen-bond donors (Lipinski definition) is 1. The lowest BCUT2D eigenvalue weighted by atomic mass is 10.2. The van der Waals surface area contributed by atoms with Gasteiger partial charge in [-0.3, -0.25) is 10.1 Å². The number of benzene rings is 2. The van der Waals surface area contributed by atoms with E-state index in [2.05, 4.69) is 15.3 Å². The van der Waals surface area contributed by atoms with Crippen LogP contribution in [0.4, 0.5) is 5.13 Å². The number of ether oxygens (including phenoxy) is 1. The SMILES string of the molecule is Cc1ccc(OCc2nc(C(=O)Nc3nc4c(C)cccc4s3)cs2)cc1. The molecule has 0 radical (unpaired) electrons. The molecular formula is C20H17N3O2S2. The van der Waals surface area contributed by atoms with Crippen LogP contribution < -0.4 is 10.1 Å². The zero-order valence-corrected chi connectivity index (χ0v) is 16.5. The lowest BCUT2D eigenvalue weighted by Crippen LogP contribution is -2.12. The molecule has 0 atom stereocenters. The summed E-state index contributed by atoms with van der Waals surface area (Å²) in [7, 11) is 0. The summed E-state index contributed by atoms with van der Waals surface area (Å²) in [5.74, 6) is 0.524. The lowest BCUT2D eigenvalue weighted by Gasteiger charge is -2.03. The number of thiazole rings is 2. The lowest BCUT2D eigenvalue weighted by molar-refractivity contribution is 0.102. The molecule has 7 heteroatoms. The highest BCUT2D eigenvalue weighted by Gasteiger charge is 2.14. The van der Waals surface area contributed by atoms with Crippen molar-refractivity contribution in [2.45, 2.75) is 20.5 Å². The number of nitrogens with one attached hydrogen (secondary N) is 1. The van der Waals surface area contributed by atoms with Crippen molar-refractivity contribution in [3.63, 3.8) is 0 Å². The average Bonchev–Trinajstić information content (AvgIpc) is 3.29. The van der Waals surface area contributed by atoms with E-state index < -0.39 is 0 Å². The van der Waals surface area contributed by atoms with Gasteiger partial charge in [-0.1, -0.05) is 41.2 Å². The van der Waals surface area contributed by atoms with Crippen LogP contribution in [0.25, 0.3) is 10.2 Å². The molecule has 4 rings (SSSR count). The van der Waals surface area contributed by atoms with Gasteiger partial charge in [0.25, 0.3) is 5.91 Å². The summed E-state index contributed by atoms with van der Waals surface area (Å²) >= 11 is 2.86. The maximum atomic E-state index is 12.5. The highest BCUT2D eigenvalue weighted by Crippen LogP contribution is 2.28. The van der Waals surface area contributed by atoms with Crippen LogP contribution in [0.5, 0.6) is 5.75 Å². The van der Waals surface area contributed by atoms with Crippen LogP contribution >= 0.6 is 22.7 Å². The normalized spacial score (nSPS) is 10.9. The summed E-state index contributed by atoms with van der Waals surface area (Å²) in [5, 5.41) is 5.91. The van der Waals surface area contributed by atoms with Crippen LogP contribution in [-0.2, 0) is 6.61 Å². The fraction of sp³-hybridized carbons (Fsp3) is 0.150. The van der Waals surface area contributed by atoms with Crippen molar-refractivity contribution in [1.29, 1.82) is 0 Å². The van der Waals surface area contributed by atoms with Crippen molar-refractivity contribution in [2.24, 2.45) is 0 Å². The zero-order chi connectivity index (χ0) is 18.8. The number of carbonyl (C=O) groups excluding carboxylic acids is 1. The van der Waals surface area contributed by atoms with E-state index in [-0.39, 0.29) is 5.91 Å². The molecule has 0 aliphatic carbocycles. The van der Waals surface area contributed by atoms with Gasteiger partial charge in [0, 0.05) is 5.38 Å². The van der Waals surface area contributed by atoms with Crippen LogP contribution in [0.1, 0.15) is 26.6 Å². The van der Waals surface area contributed by atoms with E-state index >= 15 is 0 Å². The fourth-order valence-corrected chi connectivity index (χ4v) is 4.19. The van der Waals surface area contributed by atoms with Crippen LogP contribution in [0, 0.1) is 13.8 Å². The minimum atomic E-state index is -0.260. The Bertz CT molecular complexity index is 1100. The van der Waals surface area contributed by atoms with E-state index in [0.717, 1.165) is 26.5 Å². The van der Waals surface area contributed by atoms with E-state index in [1.165, 1.54) is 28.2 Å². The highest BCUT2D eigenvalue weighted by molar-refractivity contribution is 7.22. The largest absolute Gasteiger partial charge is 0.486 e. The monoisotopic (exact) mass is 395 g/mol. The van der Waals surface area contributed by atoms with E-state index in [9.17, 15) is 4.79 Å². The van der Waals surface area contributed by atoms with Crippen LogP contribution in [0.15, 0.2) is 47.8 Å². The third kappa shape index (κ3) is 3.99. The Hall–Kier alpha value is -2.77. The summed E-state index contributed by atoms with van der Waals surface area (Å²) in [4.78, 5) is 21.3. The molecule has 0 bridgehead atoms. The number of amides is 1. The van der Waals surface area contributed by atoms with Crippen molar-refractivity contribution in [1.82, 2.24) is 9.97 Å². The number of aromatic nitrogens is 2. The highest BCUT2D eigenvalue weighted by atomic mass is 32.1. The molecule has 0 saturated heterocycles. The topological polar surface area (TPSA) is 64.1 Å². The first-order valence-corrected chi connectivity index (χ1v) is 10.1. The molecule has 136 valence electrons. The first kappa shape index (κ1) is 17.6. The van der Waals surface area contributed by atoms with Gasteiger partial charge in [0.15, 0.2) is 5.13 Å². The Labute approximate surface area is 164 Å². The predicted molar refractivity (Wildman–Crippen MR) is 110 cm³/mol. The molecule has 0 fully saturated rings. The van der Waals surface area contributed by atoms with Gasteiger partial charge < -0.3 is 4.74 Å². The molecule has 1 amide bonds. The molecule has 0 aliphatic rings. The van der Waals surface area contributed by atoms with Gasteiger partial charge in [-0.25, -0.2) is 9.97 Å². The molecule has 0 aliphatic heterocycles. The Kier molecular flexibility index (Phi) is 4.87. The van der Waals surface area contributed by atoms with Gasteiger partial charge in [0.05, 0.1) is 10.2 Å². The van der Waals surface area contributed by atoms with Crippen LogP contribution in [0.2, 0.25) is 0 Å². The van der Waals surface area contributed by atoms with Gasteiger partial charge in [0.1, 0.15) is 23.1 Å². The maximum absolute atomic E-state index is 12.5. The Morgan fingerprint density at radius 2 is 1.93 bits per heavy atom. The van der Waals surface area contributed by atoms with Gasteiger partial charge >= 0.3 is 0 Å². The molecule has 2 aromatic carbocycles. The molecule has 2 aromatic heterocycles. The fourth-order valence-electron chi connectivity index (χ4n) is 2.56. The molecule has 0 saturated carbocycles. The van der Waals surface area contributed by atoms with Crippen molar-refractivity contribution in [2.75, 3.05) is 5.32 Å². The molecular weight excluding hydrogens is 378 g/mol. The number of anilines is 1. The van der Waals surface area contributed by atoms with E-state index in [1.54, 1.807) is 5.38 Å². The second kappa shape index (κ2) is 7.46. The standard InChI is InChI=1S/C20H17N3O2S2/c1-12-6-8-14(9-7-12)25-10-17-21-15(11-26-17)19(24)23-20-22-18-13(2)4-3-5-16(18)27-20/h3-9,11H,10H2,1-2H3,(H,22,23,24). The van der Waals surface area contributed by atoms with Crippen molar-refractivity contribution < 1.29 is 9.53 Å². The van der Waals surface area contributed by atoms with Crippen LogP contribution in [0.3, 0.4) is 0 Å². The van der Waals surface area contributed by atoms with Gasteiger partial charge in [-0.15, -0.1) is 11.3 Å².